The van der Waals surface area contributed by atoms with E-state index in [2.05, 4.69) is 10.6 Å². The van der Waals surface area contributed by atoms with Crippen LogP contribution in [0.3, 0.4) is 0 Å². The molecule has 0 heterocycles. The molecule has 0 aliphatic heterocycles. The van der Waals surface area contributed by atoms with Crippen LogP contribution in [-0.2, 0) is 52.5 Å². The third-order valence-electron chi connectivity index (χ3n) is 5.48. The lowest BCUT2D eigenvalue weighted by molar-refractivity contribution is -0.143. The van der Waals surface area contributed by atoms with Gasteiger partial charge >= 0.3 is 29.8 Å². The maximum atomic E-state index is 12.3. The Labute approximate surface area is 260 Å². The Morgan fingerprint density at radius 1 is 0.489 bits per heavy atom. The van der Waals surface area contributed by atoms with Crippen LogP contribution in [0.2, 0.25) is 0 Å². The molecule has 0 radical (unpaired) electrons. The standard InChI is InChI=1S/C26H45N5O14/c1-20(32)44-13-11-42-9-3-27-22(34)15-30(18-25(38)39)7-5-29(17-24(36)37)6-8-31(19-26(40)41)16-23(35)28-4-10-43-12-14-45-21(2)33/h3-19H2,1-2H3,(H,27,34)(H,28,35)(H,36,37)(H,38,39)(H,40,41). The molecule has 45 heavy (non-hydrogen) atoms. The number of ether oxygens (including phenoxy) is 4. The fraction of sp³-hybridized carbons (Fsp3) is 0.731. The Hall–Kier alpha value is -3.91. The first-order valence-electron chi connectivity index (χ1n) is 14.1. The van der Waals surface area contributed by atoms with Crippen LogP contribution in [0, 0.1) is 0 Å². The first-order chi connectivity index (χ1) is 21.3. The van der Waals surface area contributed by atoms with E-state index in [-0.39, 0.29) is 92.0 Å². The number of nitrogens with one attached hydrogen (secondary N) is 2. The number of carbonyl (C=O) groups is 7. The summed E-state index contributed by atoms with van der Waals surface area (Å²) in [7, 11) is 0. The summed E-state index contributed by atoms with van der Waals surface area (Å²) >= 11 is 0. The van der Waals surface area contributed by atoms with Crippen molar-refractivity contribution in [2.45, 2.75) is 13.8 Å². The summed E-state index contributed by atoms with van der Waals surface area (Å²) in [6, 6.07) is 0. The molecule has 0 aliphatic carbocycles. The number of esters is 2. The normalized spacial score (nSPS) is 11.0. The average molecular weight is 652 g/mol. The van der Waals surface area contributed by atoms with Gasteiger partial charge in [-0.25, -0.2) is 0 Å². The zero-order chi connectivity index (χ0) is 34.0. The number of hydrogen-bond acceptors (Lipinski definition) is 14. The van der Waals surface area contributed by atoms with Crippen molar-refractivity contribution in [2.75, 3.05) is 112 Å². The second-order valence-corrected chi connectivity index (χ2v) is 9.48. The van der Waals surface area contributed by atoms with Crippen LogP contribution in [0.15, 0.2) is 0 Å². The first kappa shape index (κ1) is 41.1. The van der Waals surface area contributed by atoms with Gasteiger partial charge in [-0.2, -0.15) is 0 Å². The van der Waals surface area contributed by atoms with Crippen molar-refractivity contribution >= 4 is 41.7 Å². The maximum Gasteiger partial charge on any atom is 0.317 e. The number of rotatable bonds is 28. The highest BCUT2D eigenvalue weighted by Crippen LogP contribution is 1.97. The minimum atomic E-state index is -1.20. The van der Waals surface area contributed by atoms with Gasteiger partial charge in [-0.3, -0.25) is 48.3 Å². The van der Waals surface area contributed by atoms with E-state index in [9.17, 15) is 48.9 Å². The summed E-state index contributed by atoms with van der Waals surface area (Å²) in [6.07, 6.45) is 0. The third kappa shape index (κ3) is 27.4. The van der Waals surface area contributed by atoms with Crippen molar-refractivity contribution in [3.8, 4) is 0 Å². The molecule has 19 heteroatoms. The summed E-state index contributed by atoms with van der Waals surface area (Å²) in [5.41, 5.74) is 0. The number of hydrogen-bond donors (Lipinski definition) is 5. The molecular weight excluding hydrogens is 606 g/mol. The molecular formula is C26H45N5O14. The van der Waals surface area contributed by atoms with E-state index < -0.39 is 61.3 Å². The molecule has 0 spiro atoms. The molecule has 0 aromatic heterocycles. The number of nitrogens with zero attached hydrogens (tertiary/aromatic N) is 3. The molecule has 0 aromatic carbocycles. The molecule has 0 fully saturated rings. The Morgan fingerprint density at radius 3 is 1.16 bits per heavy atom. The Morgan fingerprint density at radius 2 is 0.822 bits per heavy atom. The molecule has 0 aliphatic rings. The van der Waals surface area contributed by atoms with E-state index in [1.54, 1.807) is 0 Å². The van der Waals surface area contributed by atoms with Gasteiger partial charge in [0.25, 0.3) is 0 Å². The molecule has 0 bridgehead atoms. The van der Waals surface area contributed by atoms with E-state index in [1.807, 2.05) is 0 Å². The molecule has 0 atom stereocenters. The Bertz CT molecular complexity index is 885. The molecule has 19 nitrogen and oxygen atoms in total. The topological polar surface area (TPSA) is 251 Å². The Kier molecular flexibility index (Phi) is 23.2. The van der Waals surface area contributed by atoms with E-state index >= 15 is 0 Å². The van der Waals surface area contributed by atoms with Crippen LogP contribution in [-0.4, -0.2) is 183 Å². The van der Waals surface area contributed by atoms with E-state index in [1.165, 1.54) is 28.5 Å². The minimum Gasteiger partial charge on any atom is -0.480 e. The van der Waals surface area contributed by atoms with Crippen LogP contribution in [0.5, 0.6) is 0 Å². The predicted molar refractivity (Wildman–Crippen MR) is 153 cm³/mol. The van der Waals surface area contributed by atoms with Gasteiger partial charge in [-0.1, -0.05) is 0 Å². The summed E-state index contributed by atoms with van der Waals surface area (Å²) in [5, 5.41) is 33.0. The van der Waals surface area contributed by atoms with Gasteiger partial charge in [-0.15, -0.1) is 0 Å². The second-order valence-electron chi connectivity index (χ2n) is 9.48. The van der Waals surface area contributed by atoms with E-state index in [0.29, 0.717) is 0 Å². The number of carboxylic acid groups (broad SMARTS) is 3. The van der Waals surface area contributed by atoms with Crippen molar-refractivity contribution < 1.29 is 67.8 Å². The van der Waals surface area contributed by atoms with Crippen molar-refractivity contribution in [3.63, 3.8) is 0 Å². The van der Waals surface area contributed by atoms with Crippen LogP contribution in [0.1, 0.15) is 13.8 Å². The summed E-state index contributed by atoms with van der Waals surface area (Å²) in [4.78, 5) is 84.2. The summed E-state index contributed by atoms with van der Waals surface area (Å²) < 4.78 is 19.8. The molecule has 0 saturated heterocycles. The molecule has 5 N–H and O–H groups in total. The molecule has 0 aromatic rings. The smallest absolute Gasteiger partial charge is 0.317 e. The highest BCUT2D eigenvalue weighted by molar-refractivity contribution is 5.79. The van der Waals surface area contributed by atoms with E-state index in [4.69, 9.17) is 18.9 Å². The van der Waals surface area contributed by atoms with Gasteiger partial charge in [0.15, 0.2) is 0 Å². The predicted octanol–water partition coefficient (Wildman–Crippen LogP) is -3.46. The fourth-order valence-corrected chi connectivity index (χ4v) is 3.57. The highest BCUT2D eigenvalue weighted by Gasteiger charge is 2.19. The zero-order valence-electron chi connectivity index (χ0n) is 25.7. The van der Waals surface area contributed by atoms with Gasteiger partial charge in [0.05, 0.1) is 59.2 Å². The lowest BCUT2D eigenvalue weighted by Crippen LogP contribution is -2.47. The van der Waals surface area contributed by atoms with Crippen molar-refractivity contribution in [1.29, 1.82) is 0 Å². The first-order valence-corrected chi connectivity index (χ1v) is 14.1. The lowest BCUT2D eigenvalue weighted by atomic mass is 10.3. The molecule has 0 unspecified atom stereocenters. The minimum absolute atomic E-state index is 0.00274. The number of carboxylic acids is 3. The quantitative estimate of drug-likeness (QED) is 0.0407. The SMILES string of the molecule is CC(=O)OCCOCCNC(=O)CN(CCN(CCN(CC(=O)O)CC(=O)NCCOCCOC(C)=O)CC(=O)O)CC(=O)O. The molecule has 2 amide bonds. The van der Waals surface area contributed by atoms with Gasteiger partial charge < -0.3 is 44.9 Å². The van der Waals surface area contributed by atoms with Crippen LogP contribution < -0.4 is 10.6 Å². The van der Waals surface area contributed by atoms with Crippen molar-refractivity contribution in [2.24, 2.45) is 0 Å². The molecule has 258 valence electrons. The van der Waals surface area contributed by atoms with Crippen LogP contribution in [0.4, 0.5) is 0 Å². The monoisotopic (exact) mass is 651 g/mol. The average Bonchev–Trinajstić information content (AvgIpc) is 2.92. The summed E-state index contributed by atoms with van der Waals surface area (Å²) in [6.45, 7) is 1.52. The van der Waals surface area contributed by atoms with Crippen LogP contribution >= 0.6 is 0 Å². The van der Waals surface area contributed by atoms with Gasteiger partial charge in [0.2, 0.25) is 11.8 Å². The number of aliphatic carboxylic acids is 3. The fourth-order valence-electron chi connectivity index (χ4n) is 3.57. The van der Waals surface area contributed by atoms with Gasteiger partial charge in [0, 0.05) is 53.1 Å². The third-order valence-corrected chi connectivity index (χ3v) is 5.48. The van der Waals surface area contributed by atoms with Crippen molar-refractivity contribution in [3.05, 3.63) is 0 Å². The maximum absolute atomic E-state index is 12.3. The van der Waals surface area contributed by atoms with E-state index in [0.717, 1.165) is 0 Å². The largest absolute Gasteiger partial charge is 0.480 e. The number of amides is 2. The van der Waals surface area contributed by atoms with Crippen molar-refractivity contribution in [1.82, 2.24) is 25.3 Å². The lowest BCUT2D eigenvalue weighted by Gasteiger charge is -2.28. The van der Waals surface area contributed by atoms with Crippen LogP contribution in [0.25, 0.3) is 0 Å². The second kappa shape index (κ2) is 25.4. The van der Waals surface area contributed by atoms with Gasteiger partial charge in [-0.05, 0) is 0 Å². The summed E-state index contributed by atoms with van der Waals surface area (Å²) in [5.74, 6) is -5.44. The highest BCUT2D eigenvalue weighted by atomic mass is 16.6. The Balaban J connectivity index is 4.83. The zero-order valence-corrected chi connectivity index (χ0v) is 25.7. The molecule has 0 saturated carbocycles. The number of carbonyl (C=O) groups excluding carboxylic acids is 4. The molecule has 0 rings (SSSR count). The van der Waals surface area contributed by atoms with Gasteiger partial charge in [0.1, 0.15) is 13.2 Å².